The van der Waals surface area contributed by atoms with E-state index < -0.39 is 11.7 Å². The minimum absolute atomic E-state index is 0.0869. The molecule has 0 heterocycles. The van der Waals surface area contributed by atoms with E-state index >= 15 is 0 Å². The maximum atomic E-state index is 13.2. The smallest absolute Gasteiger partial charge is 0.317 e. The predicted octanol–water partition coefficient (Wildman–Crippen LogP) is 7.49. The van der Waals surface area contributed by atoms with Crippen molar-refractivity contribution in [3.8, 4) is 0 Å². The van der Waals surface area contributed by atoms with Gasteiger partial charge in [0.1, 0.15) is 0 Å². The lowest BCUT2D eigenvalue weighted by molar-refractivity contribution is -0.137. The van der Waals surface area contributed by atoms with Gasteiger partial charge in [-0.25, -0.2) is 4.79 Å². The van der Waals surface area contributed by atoms with Crippen LogP contribution in [0.3, 0.4) is 0 Å². The van der Waals surface area contributed by atoms with E-state index in [1.165, 1.54) is 31.4 Å². The lowest BCUT2D eigenvalue weighted by Gasteiger charge is -2.37. The molecule has 0 atom stereocenters. The van der Waals surface area contributed by atoms with Crippen molar-refractivity contribution in [2.24, 2.45) is 5.92 Å². The molecule has 0 saturated heterocycles. The third-order valence-electron chi connectivity index (χ3n) is 6.12. The number of benzene rings is 2. The van der Waals surface area contributed by atoms with Crippen molar-refractivity contribution < 1.29 is 18.0 Å². The Labute approximate surface area is 182 Å². The van der Waals surface area contributed by atoms with Gasteiger partial charge in [-0.2, -0.15) is 13.2 Å². The molecule has 0 aliphatic heterocycles. The van der Waals surface area contributed by atoms with E-state index in [0.29, 0.717) is 12.5 Å². The molecule has 3 nitrogen and oxygen atoms in total. The number of halogens is 3. The van der Waals surface area contributed by atoms with Crippen molar-refractivity contribution in [3.63, 3.8) is 0 Å². The Morgan fingerprint density at radius 1 is 1.03 bits per heavy atom. The number of amides is 2. The Kier molecular flexibility index (Phi) is 7.99. The van der Waals surface area contributed by atoms with Crippen LogP contribution in [-0.4, -0.2) is 17.0 Å². The zero-order valence-corrected chi connectivity index (χ0v) is 18.0. The van der Waals surface area contributed by atoms with Gasteiger partial charge in [0.05, 0.1) is 5.56 Å². The molecule has 0 radical (unpaired) electrons. The zero-order valence-electron chi connectivity index (χ0n) is 18.0. The molecule has 0 unspecified atom stereocenters. The van der Waals surface area contributed by atoms with Gasteiger partial charge in [0, 0.05) is 18.3 Å². The van der Waals surface area contributed by atoms with Crippen LogP contribution in [0.2, 0.25) is 0 Å². The fourth-order valence-corrected chi connectivity index (χ4v) is 4.35. The summed E-state index contributed by atoms with van der Waals surface area (Å²) in [6.07, 6.45) is 3.26. The number of rotatable bonds is 7. The summed E-state index contributed by atoms with van der Waals surface area (Å²) in [5, 5.41) is 2.70. The highest BCUT2D eigenvalue weighted by Crippen LogP contribution is 2.33. The molecule has 2 amide bonds. The van der Waals surface area contributed by atoms with Crippen molar-refractivity contribution in [1.29, 1.82) is 0 Å². The minimum Gasteiger partial charge on any atom is -0.317 e. The van der Waals surface area contributed by atoms with Crippen LogP contribution in [0.25, 0.3) is 0 Å². The molecular formula is C25H31F3N2O. The number of alkyl halides is 3. The maximum absolute atomic E-state index is 13.2. The van der Waals surface area contributed by atoms with E-state index in [1.54, 1.807) is 4.90 Å². The number of carbonyl (C=O) groups is 1. The van der Waals surface area contributed by atoms with Gasteiger partial charge in [-0.15, -0.1) is 0 Å². The van der Waals surface area contributed by atoms with E-state index in [2.05, 4.69) is 12.2 Å². The summed E-state index contributed by atoms with van der Waals surface area (Å²) in [6.45, 7) is 2.64. The Morgan fingerprint density at radius 3 is 2.39 bits per heavy atom. The molecule has 0 spiro atoms. The van der Waals surface area contributed by atoms with E-state index in [9.17, 15) is 18.0 Å². The van der Waals surface area contributed by atoms with Gasteiger partial charge in [0.2, 0.25) is 0 Å². The van der Waals surface area contributed by atoms with E-state index in [-0.39, 0.29) is 17.8 Å². The Balaban J connectivity index is 1.73. The van der Waals surface area contributed by atoms with Crippen LogP contribution in [0.4, 0.5) is 23.7 Å². The second kappa shape index (κ2) is 10.7. The summed E-state index contributed by atoms with van der Waals surface area (Å²) >= 11 is 0. The van der Waals surface area contributed by atoms with Gasteiger partial charge >= 0.3 is 12.2 Å². The Hall–Kier alpha value is -2.50. The normalized spacial score (nSPS) is 19.1. The van der Waals surface area contributed by atoms with Crippen molar-refractivity contribution >= 4 is 11.7 Å². The van der Waals surface area contributed by atoms with Crippen LogP contribution >= 0.6 is 0 Å². The second-order valence-corrected chi connectivity index (χ2v) is 8.44. The first-order valence-electron chi connectivity index (χ1n) is 11.2. The molecule has 31 heavy (non-hydrogen) atoms. The predicted molar refractivity (Wildman–Crippen MR) is 118 cm³/mol. The summed E-state index contributed by atoms with van der Waals surface area (Å²) in [5.74, 6) is 0.710. The molecule has 1 saturated carbocycles. The number of nitrogens with zero attached hydrogens (tertiary/aromatic N) is 1. The first-order chi connectivity index (χ1) is 14.9. The van der Waals surface area contributed by atoms with Gasteiger partial charge in [-0.05, 0) is 55.4 Å². The van der Waals surface area contributed by atoms with Gasteiger partial charge in [-0.1, -0.05) is 62.6 Å². The number of hydrogen-bond donors (Lipinski definition) is 1. The van der Waals surface area contributed by atoms with E-state index in [1.807, 2.05) is 30.3 Å². The highest BCUT2D eigenvalue weighted by molar-refractivity contribution is 5.89. The number of unbranched alkanes of at least 4 members (excludes halogenated alkanes) is 1. The zero-order chi connectivity index (χ0) is 22.3. The number of carbonyl (C=O) groups excluding carboxylic acids is 1. The molecule has 3 rings (SSSR count). The van der Waals surface area contributed by atoms with Crippen molar-refractivity contribution in [2.75, 3.05) is 5.32 Å². The average Bonchev–Trinajstić information content (AvgIpc) is 2.77. The lowest BCUT2D eigenvalue weighted by Crippen LogP contribution is -2.44. The quantitative estimate of drug-likeness (QED) is 0.483. The van der Waals surface area contributed by atoms with Crippen molar-refractivity contribution in [3.05, 3.63) is 65.7 Å². The van der Waals surface area contributed by atoms with Gasteiger partial charge < -0.3 is 10.2 Å². The van der Waals surface area contributed by atoms with Gasteiger partial charge in [-0.3, -0.25) is 0 Å². The van der Waals surface area contributed by atoms with Crippen LogP contribution in [0.15, 0.2) is 54.6 Å². The van der Waals surface area contributed by atoms with Crippen LogP contribution < -0.4 is 5.32 Å². The highest BCUT2D eigenvalue weighted by atomic mass is 19.4. The summed E-state index contributed by atoms with van der Waals surface area (Å²) < 4.78 is 39.1. The Morgan fingerprint density at radius 2 is 1.74 bits per heavy atom. The first kappa shape index (κ1) is 23.2. The molecule has 2 aromatic carbocycles. The van der Waals surface area contributed by atoms with Crippen LogP contribution in [-0.2, 0) is 12.7 Å². The van der Waals surface area contributed by atoms with E-state index in [4.69, 9.17) is 0 Å². The lowest BCUT2D eigenvalue weighted by atomic mass is 9.82. The minimum atomic E-state index is -4.44. The molecule has 0 bridgehead atoms. The maximum Gasteiger partial charge on any atom is 0.416 e. The van der Waals surface area contributed by atoms with E-state index in [0.717, 1.165) is 43.4 Å². The third kappa shape index (κ3) is 6.74. The molecule has 2 aromatic rings. The summed E-state index contributed by atoms with van der Waals surface area (Å²) in [4.78, 5) is 15.0. The monoisotopic (exact) mass is 432 g/mol. The molecular weight excluding hydrogens is 401 g/mol. The fraction of sp³-hybridized carbons (Fsp3) is 0.480. The molecule has 0 aromatic heterocycles. The van der Waals surface area contributed by atoms with Crippen LogP contribution in [0.1, 0.15) is 63.0 Å². The highest BCUT2D eigenvalue weighted by Gasteiger charge is 2.32. The van der Waals surface area contributed by atoms with Crippen LogP contribution in [0.5, 0.6) is 0 Å². The number of urea groups is 1. The first-order valence-corrected chi connectivity index (χ1v) is 11.2. The number of hydrogen-bond acceptors (Lipinski definition) is 1. The summed E-state index contributed by atoms with van der Waals surface area (Å²) in [7, 11) is 0. The van der Waals surface area contributed by atoms with Crippen molar-refractivity contribution in [2.45, 2.75) is 70.6 Å². The van der Waals surface area contributed by atoms with Gasteiger partial charge in [0.15, 0.2) is 0 Å². The molecule has 168 valence electrons. The number of anilines is 1. The SMILES string of the molecule is CCCCC1CCC(N(Cc2ccccc2)C(=O)Nc2cccc(C(F)(F)F)c2)CC1. The molecule has 1 fully saturated rings. The molecule has 1 aliphatic carbocycles. The second-order valence-electron chi connectivity index (χ2n) is 8.44. The van der Waals surface area contributed by atoms with Gasteiger partial charge in [0.25, 0.3) is 0 Å². The number of nitrogens with one attached hydrogen (secondary N) is 1. The molecule has 6 heteroatoms. The van der Waals surface area contributed by atoms with Crippen LogP contribution in [0, 0.1) is 5.92 Å². The molecule has 1 aliphatic rings. The topological polar surface area (TPSA) is 32.3 Å². The summed E-state index contributed by atoms with van der Waals surface area (Å²) in [6, 6.07) is 14.3. The Bertz CT molecular complexity index is 830. The average molecular weight is 433 g/mol. The third-order valence-corrected chi connectivity index (χ3v) is 6.12. The molecule has 1 N–H and O–H groups in total. The summed E-state index contributed by atoms with van der Waals surface area (Å²) in [5.41, 5.74) is 0.403. The fourth-order valence-electron chi connectivity index (χ4n) is 4.35. The van der Waals surface area contributed by atoms with Crippen molar-refractivity contribution in [1.82, 2.24) is 4.90 Å². The standard InChI is InChI=1S/C25H31F3N2O/c1-2-3-8-19-13-15-23(16-14-19)30(18-20-9-5-4-6-10-20)24(31)29-22-12-7-11-21(17-22)25(26,27)28/h4-7,9-12,17,19,23H,2-3,8,13-16,18H2,1H3,(H,29,31). The largest absolute Gasteiger partial charge is 0.416 e.